The number of thiophene rings is 1. The quantitative estimate of drug-likeness (QED) is 0.685. The van der Waals surface area contributed by atoms with Gasteiger partial charge in [0.2, 0.25) is 0 Å². The highest BCUT2D eigenvalue weighted by Gasteiger charge is 2.10. The van der Waals surface area contributed by atoms with Crippen molar-refractivity contribution < 1.29 is 4.79 Å². The van der Waals surface area contributed by atoms with E-state index in [0.29, 0.717) is 10.8 Å². The number of benzene rings is 2. The summed E-state index contributed by atoms with van der Waals surface area (Å²) in [6.45, 7) is 0. The number of nitrogens with one attached hydrogen (secondary N) is 1. The number of hydrogen-bond acceptors (Lipinski definition) is 2. The lowest BCUT2D eigenvalue weighted by Crippen LogP contribution is -2.10. The van der Waals surface area contributed by atoms with E-state index in [9.17, 15) is 4.79 Å². The van der Waals surface area contributed by atoms with Gasteiger partial charge in [0, 0.05) is 16.3 Å². The Morgan fingerprint density at radius 1 is 1.10 bits per heavy atom. The fourth-order valence-corrected chi connectivity index (χ4v) is 3.14. The minimum absolute atomic E-state index is 0.0853. The molecule has 20 heavy (non-hydrogen) atoms. The summed E-state index contributed by atoms with van der Waals surface area (Å²) in [5.74, 6) is 0.352. The lowest BCUT2D eigenvalue weighted by atomic mass is 10.2. The number of amides is 1. The number of halogens is 1. The summed E-state index contributed by atoms with van der Waals surface area (Å²) in [5, 5.41) is 4.00. The van der Waals surface area contributed by atoms with Crippen LogP contribution in [-0.2, 0) is 5.88 Å². The lowest BCUT2D eigenvalue weighted by Gasteiger charge is -2.04. The molecule has 0 aliphatic rings. The molecule has 0 bridgehead atoms. The second-order valence-corrected chi connectivity index (χ2v) is 5.79. The highest BCUT2D eigenvalue weighted by atomic mass is 35.5. The summed E-state index contributed by atoms with van der Waals surface area (Å²) in [4.78, 5) is 13.0. The average Bonchev–Trinajstić information content (AvgIpc) is 2.91. The van der Waals surface area contributed by atoms with Gasteiger partial charge >= 0.3 is 0 Å². The molecule has 0 fully saturated rings. The van der Waals surface area contributed by atoms with Crippen LogP contribution >= 0.6 is 22.9 Å². The van der Waals surface area contributed by atoms with Crippen molar-refractivity contribution in [2.75, 3.05) is 5.32 Å². The number of anilines is 1. The van der Waals surface area contributed by atoms with E-state index in [-0.39, 0.29) is 5.91 Å². The maximum Gasteiger partial charge on any atom is 0.265 e. The monoisotopic (exact) mass is 301 g/mol. The van der Waals surface area contributed by atoms with Gasteiger partial charge in [0.25, 0.3) is 5.91 Å². The molecule has 0 aliphatic carbocycles. The first kappa shape index (κ1) is 13.2. The molecule has 0 unspecified atom stereocenters. The summed E-state index contributed by atoms with van der Waals surface area (Å²) in [5.41, 5.74) is 1.76. The van der Waals surface area contributed by atoms with Crippen molar-refractivity contribution >= 4 is 44.6 Å². The van der Waals surface area contributed by atoms with E-state index in [0.717, 1.165) is 21.3 Å². The average molecular weight is 302 g/mol. The minimum Gasteiger partial charge on any atom is -0.321 e. The first-order valence-electron chi connectivity index (χ1n) is 6.21. The smallest absolute Gasteiger partial charge is 0.265 e. The molecule has 0 aliphatic heterocycles. The van der Waals surface area contributed by atoms with Crippen LogP contribution in [0.25, 0.3) is 10.1 Å². The molecular weight excluding hydrogens is 290 g/mol. The topological polar surface area (TPSA) is 29.1 Å². The van der Waals surface area contributed by atoms with E-state index in [4.69, 9.17) is 11.6 Å². The van der Waals surface area contributed by atoms with E-state index >= 15 is 0 Å². The van der Waals surface area contributed by atoms with Gasteiger partial charge in [-0.2, -0.15) is 0 Å². The Labute approximate surface area is 126 Å². The number of hydrogen-bond donors (Lipinski definition) is 1. The third-order valence-corrected chi connectivity index (χ3v) is 4.41. The summed E-state index contributed by atoms with van der Waals surface area (Å²) < 4.78 is 1.12. The molecule has 0 atom stereocenters. The molecule has 1 aromatic heterocycles. The van der Waals surface area contributed by atoms with Crippen LogP contribution < -0.4 is 5.32 Å². The largest absolute Gasteiger partial charge is 0.321 e. The Balaban J connectivity index is 1.85. The SMILES string of the molecule is O=C(Nc1cccc(CCl)c1)c1cc2ccccc2s1. The Morgan fingerprint density at radius 3 is 2.75 bits per heavy atom. The Kier molecular flexibility index (Phi) is 3.72. The summed E-state index contributed by atoms with van der Waals surface area (Å²) in [6, 6.07) is 17.5. The first-order valence-corrected chi connectivity index (χ1v) is 7.56. The number of rotatable bonds is 3. The van der Waals surface area contributed by atoms with Gasteiger partial charge in [-0.1, -0.05) is 30.3 Å². The molecule has 0 saturated heterocycles. The Morgan fingerprint density at radius 2 is 1.95 bits per heavy atom. The second-order valence-electron chi connectivity index (χ2n) is 4.44. The van der Waals surface area contributed by atoms with E-state index in [1.165, 1.54) is 11.3 Å². The van der Waals surface area contributed by atoms with Crippen molar-refractivity contribution in [2.45, 2.75) is 5.88 Å². The van der Waals surface area contributed by atoms with Crippen LogP contribution in [0, 0.1) is 0 Å². The van der Waals surface area contributed by atoms with Crippen molar-refractivity contribution in [3.05, 3.63) is 65.0 Å². The number of fused-ring (bicyclic) bond motifs is 1. The maximum atomic E-state index is 12.2. The van der Waals surface area contributed by atoms with Crippen LogP contribution in [0.3, 0.4) is 0 Å². The third kappa shape index (κ3) is 2.69. The van der Waals surface area contributed by atoms with Gasteiger partial charge in [0.1, 0.15) is 0 Å². The fourth-order valence-electron chi connectivity index (χ4n) is 2.02. The first-order chi connectivity index (χ1) is 9.76. The molecule has 1 amide bonds. The molecule has 0 spiro atoms. The van der Waals surface area contributed by atoms with E-state index in [1.807, 2.05) is 54.6 Å². The van der Waals surface area contributed by atoms with Crippen LogP contribution in [0.1, 0.15) is 15.2 Å². The van der Waals surface area contributed by atoms with Gasteiger partial charge in [-0.05, 0) is 35.2 Å². The van der Waals surface area contributed by atoms with Crippen molar-refractivity contribution in [3.8, 4) is 0 Å². The minimum atomic E-state index is -0.0853. The van der Waals surface area contributed by atoms with Crippen LogP contribution in [-0.4, -0.2) is 5.91 Å². The molecule has 1 N–H and O–H groups in total. The fraction of sp³-hybridized carbons (Fsp3) is 0.0625. The number of carbonyl (C=O) groups excluding carboxylic acids is 1. The van der Waals surface area contributed by atoms with E-state index in [1.54, 1.807) is 0 Å². The van der Waals surface area contributed by atoms with Crippen LogP contribution in [0.15, 0.2) is 54.6 Å². The third-order valence-electron chi connectivity index (χ3n) is 2.99. The maximum absolute atomic E-state index is 12.2. The van der Waals surface area contributed by atoms with Crippen LogP contribution in [0.2, 0.25) is 0 Å². The number of carbonyl (C=O) groups is 1. The van der Waals surface area contributed by atoms with Crippen LogP contribution in [0.5, 0.6) is 0 Å². The molecule has 1 heterocycles. The zero-order valence-corrected chi connectivity index (χ0v) is 12.2. The van der Waals surface area contributed by atoms with Crippen molar-refractivity contribution in [2.24, 2.45) is 0 Å². The summed E-state index contributed by atoms with van der Waals surface area (Å²) in [7, 11) is 0. The van der Waals surface area contributed by atoms with Crippen LogP contribution in [0.4, 0.5) is 5.69 Å². The predicted octanol–water partition coefficient (Wildman–Crippen LogP) is 4.89. The second kappa shape index (κ2) is 5.65. The van der Waals surface area contributed by atoms with E-state index < -0.39 is 0 Å². The van der Waals surface area contributed by atoms with Gasteiger partial charge < -0.3 is 5.32 Å². The van der Waals surface area contributed by atoms with Gasteiger partial charge in [0.15, 0.2) is 0 Å². The molecule has 3 aromatic rings. The molecule has 3 rings (SSSR count). The molecule has 4 heteroatoms. The Bertz CT molecular complexity index is 733. The van der Waals surface area contributed by atoms with Gasteiger partial charge in [-0.25, -0.2) is 0 Å². The normalized spacial score (nSPS) is 10.7. The molecule has 2 aromatic carbocycles. The summed E-state index contributed by atoms with van der Waals surface area (Å²) in [6.07, 6.45) is 0. The van der Waals surface area contributed by atoms with Gasteiger partial charge in [-0.3, -0.25) is 4.79 Å². The molecule has 0 saturated carbocycles. The van der Waals surface area contributed by atoms with Crippen molar-refractivity contribution in [1.82, 2.24) is 0 Å². The lowest BCUT2D eigenvalue weighted by molar-refractivity contribution is 0.103. The zero-order valence-electron chi connectivity index (χ0n) is 10.6. The van der Waals surface area contributed by atoms with Gasteiger partial charge in [0.05, 0.1) is 4.88 Å². The van der Waals surface area contributed by atoms with Gasteiger partial charge in [-0.15, -0.1) is 22.9 Å². The number of alkyl halides is 1. The highest BCUT2D eigenvalue weighted by Crippen LogP contribution is 2.26. The molecule has 0 radical (unpaired) electrons. The van der Waals surface area contributed by atoms with E-state index in [2.05, 4.69) is 5.32 Å². The summed E-state index contributed by atoms with van der Waals surface area (Å²) >= 11 is 7.29. The zero-order chi connectivity index (χ0) is 13.9. The predicted molar refractivity (Wildman–Crippen MR) is 85.8 cm³/mol. The molecule has 2 nitrogen and oxygen atoms in total. The highest BCUT2D eigenvalue weighted by molar-refractivity contribution is 7.20. The molecular formula is C16H12ClNOS. The molecule has 100 valence electrons. The Hall–Kier alpha value is -1.84. The van der Waals surface area contributed by atoms with Crippen molar-refractivity contribution in [3.63, 3.8) is 0 Å². The van der Waals surface area contributed by atoms with Crippen molar-refractivity contribution in [1.29, 1.82) is 0 Å². The standard InChI is InChI=1S/C16H12ClNOS/c17-10-11-4-3-6-13(8-11)18-16(19)15-9-12-5-1-2-7-14(12)20-15/h1-9H,10H2,(H,18,19).